The molecule has 0 heterocycles. The lowest BCUT2D eigenvalue weighted by Gasteiger charge is -2.04. The van der Waals surface area contributed by atoms with Crippen molar-refractivity contribution in [3.05, 3.63) is 129 Å². The summed E-state index contributed by atoms with van der Waals surface area (Å²) in [5.74, 6) is 12.9. The summed E-state index contributed by atoms with van der Waals surface area (Å²) in [6.07, 6.45) is 0. The molecule has 4 aliphatic carbocycles. The second-order valence-corrected chi connectivity index (χ2v) is 11.3. The molecule has 5 rings (SSSR count). The molecule has 0 aromatic heterocycles. The summed E-state index contributed by atoms with van der Waals surface area (Å²) < 4.78 is 10.1. The quantitative estimate of drug-likeness (QED) is 0.158. The van der Waals surface area contributed by atoms with Crippen molar-refractivity contribution in [2.75, 3.05) is 14.2 Å². The highest BCUT2D eigenvalue weighted by atomic mass is 16.5. The van der Waals surface area contributed by atoms with E-state index in [1.165, 1.54) is 14.2 Å². The van der Waals surface area contributed by atoms with Gasteiger partial charge in [-0.25, -0.2) is 9.59 Å². The second kappa shape index (κ2) is 12.9. The van der Waals surface area contributed by atoms with Crippen LogP contribution in [0.1, 0.15) is 93.6 Å². The zero-order valence-electron chi connectivity index (χ0n) is 25.9. The van der Waals surface area contributed by atoms with Gasteiger partial charge in [0.2, 0.25) is 0 Å². The highest BCUT2D eigenvalue weighted by Gasteiger charge is 2.22. The fraction of sp³-hybridized carbons (Fsp3) is 0.200. The molecule has 0 saturated carbocycles. The molecule has 0 unspecified atom stereocenters. The minimum absolute atomic E-state index is 0.315. The minimum Gasteiger partial charge on any atom is -0.465 e. The fourth-order valence-corrected chi connectivity index (χ4v) is 5.19. The van der Waals surface area contributed by atoms with E-state index in [2.05, 4.69) is 75.6 Å². The Morgan fingerprint density at radius 2 is 0.909 bits per heavy atom. The van der Waals surface area contributed by atoms with E-state index in [1.54, 1.807) is 0 Å². The third-order valence-electron chi connectivity index (χ3n) is 7.76. The maximum Gasteiger partial charge on any atom is 0.338 e. The molecule has 4 aliphatic rings. The smallest absolute Gasteiger partial charge is 0.338 e. The molecule has 0 atom stereocenters. The molecule has 4 nitrogen and oxygen atoms in total. The van der Waals surface area contributed by atoms with Gasteiger partial charge in [-0.2, -0.15) is 0 Å². The molecule has 0 radical (unpaired) electrons. The number of esters is 2. The summed E-state index contributed by atoms with van der Waals surface area (Å²) in [4.78, 5) is 25.1. The Bertz CT molecular complexity index is 1780. The number of hydrogen-bond donors (Lipinski definition) is 0. The van der Waals surface area contributed by atoms with E-state index >= 15 is 0 Å². The largest absolute Gasteiger partial charge is 0.465 e. The van der Waals surface area contributed by atoms with Crippen LogP contribution in [0.5, 0.6) is 0 Å². The first-order chi connectivity index (χ1) is 21.2. The van der Waals surface area contributed by atoms with Crippen LogP contribution in [0.4, 0.5) is 0 Å². The number of rotatable bonds is 4. The Balaban J connectivity index is 1.44. The lowest BCUT2D eigenvalue weighted by molar-refractivity contribution is 0.0593. The molecule has 0 saturated heterocycles. The molecule has 0 N–H and O–H groups in total. The summed E-state index contributed by atoms with van der Waals surface area (Å²) in [6.45, 7) is 8.50. The number of benzene rings is 1. The zero-order chi connectivity index (χ0) is 31.4. The average molecular weight is 579 g/mol. The fourth-order valence-electron chi connectivity index (χ4n) is 5.19. The van der Waals surface area contributed by atoms with Gasteiger partial charge in [0.15, 0.2) is 0 Å². The summed E-state index contributed by atoms with van der Waals surface area (Å²) in [6, 6.07) is 27.6. The van der Waals surface area contributed by atoms with E-state index in [9.17, 15) is 9.59 Å². The van der Waals surface area contributed by atoms with Gasteiger partial charge >= 0.3 is 11.9 Å². The van der Waals surface area contributed by atoms with E-state index < -0.39 is 0 Å². The standard InChI is InChI=1S/C40H34O4/c1-25(2)29-9-7-11-33-31(23-37(35(33)21-29)39(41)43-5)19-17-27-13-15-28(16-14-27)18-20-32-24-38(40(42)44-6)36-22-30(26(3)4)10-8-12-34(32)36/h7-16,21-26H,1-6H3. The lowest BCUT2D eigenvalue weighted by atomic mass is 10.0. The second-order valence-electron chi connectivity index (χ2n) is 11.3. The first kappa shape index (κ1) is 30.1. The summed E-state index contributed by atoms with van der Waals surface area (Å²) in [7, 11) is 2.79. The van der Waals surface area contributed by atoms with Gasteiger partial charge < -0.3 is 9.47 Å². The molecule has 44 heavy (non-hydrogen) atoms. The van der Waals surface area contributed by atoms with Crippen molar-refractivity contribution >= 4 is 11.9 Å². The number of methoxy groups -OCH3 is 2. The van der Waals surface area contributed by atoms with Crippen molar-refractivity contribution < 1.29 is 19.1 Å². The first-order valence-electron chi connectivity index (χ1n) is 14.6. The van der Waals surface area contributed by atoms with Crippen LogP contribution in [0, 0.1) is 23.7 Å². The maximum atomic E-state index is 12.6. The summed E-state index contributed by atoms with van der Waals surface area (Å²) in [5, 5.41) is 0. The van der Waals surface area contributed by atoms with E-state index in [0.717, 1.165) is 55.6 Å². The average Bonchev–Trinajstić information content (AvgIpc) is 3.31. The first-order valence-corrected chi connectivity index (χ1v) is 14.6. The summed E-state index contributed by atoms with van der Waals surface area (Å²) >= 11 is 0. The molecule has 1 aromatic carbocycles. The van der Waals surface area contributed by atoms with Crippen molar-refractivity contribution in [2.45, 2.75) is 39.5 Å². The van der Waals surface area contributed by atoms with E-state index in [-0.39, 0.29) is 11.9 Å². The maximum absolute atomic E-state index is 12.6. The normalized spacial score (nSPS) is 10.7. The highest BCUT2D eigenvalue weighted by Crippen LogP contribution is 2.35. The number of hydrogen-bond acceptors (Lipinski definition) is 4. The predicted molar refractivity (Wildman–Crippen MR) is 175 cm³/mol. The molecular formula is C40H34O4. The molecule has 0 bridgehead atoms. The number of fused-ring (bicyclic) bond motifs is 2. The van der Waals surface area contributed by atoms with Crippen LogP contribution in [0.15, 0.2) is 84.9 Å². The SMILES string of the molecule is COC(=O)c1cc(C#Cc2ccc(C#Cc3cc(C(=O)OC)c4cc(C(C)C)cccc3-4)cc2)c2cccc(C(C)C)cc1-2. The molecular weight excluding hydrogens is 544 g/mol. The Hall–Kier alpha value is -5.32. The van der Waals surface area contributed by atoms with Gasteiger partial charge in [0, 0.05) is 22.3 Å². The molecule has 0 fully saturated rings. The van der Waals surface area contributed by atoms with Crippen LogP contribution >= 0.6 is 0 Å². The van der Waals surface area contributed by atoms with Crippen LogP contribution in [0.2, 0.25) is 0 Å². The van der Waals surface area contributed by atoms with Crippen LogP contribution in [-0.4, -0.2) is 26.2 Å². The van der Waals surface area contributed by atoms with Gasteiger partial charge in [-0.1, -0.05) is 87.8 Å². The molecule has 218 valence electrons. The predicted octanol–water partition coefficient (Wildman–Crippen LogP) is 8.52. The van der Waals surface area contributed by atoms with Crippen molar-refractivity contribution in [1.29, 1.82) is 0 Å². The van der Waals surface area contributed by atoms with Gasteiger partial charge in [-0.3, -0.25) is 0 Å². The Morgan fingerprint density at radius 1 is 0.523 bits per heavy atom. The number of carbonyl (C=O) groups is 2. The van der Waals surface area contributed by atoms with Crippen LogP contribution in [0.3, 0.4) is 0 Å². The third kappa shape index (κ3) is 6.22. The topological polar surface area (TPSA) is 52.6 Å². The number of ether oxygens (including phenoxy) is 2. The van der Waals surface area contributed by atoms with E-state index in [0.29, 0.717) is 23.0 Å². The molecule has 0 amide bonds. The zero-order valence-corrected chi connectivity index (χ0v) is 25.9. The Labute approximate surface area is 259 Å². The van der Waals surface area contributed by atoms with Gasteiger partial charge in [0.1, 0.15) is 0 Å². The highest BCUT2D eigenvalue weighted by molar-refractivity contribution is 6.02. The lowest BCUT2D eigenvalue weighted by Crippen LogP contribution is -2.00. The molecule has 1 aromatic rings. The van der Waals surface area contributed by atoms with Crippen molar-refractivity contribution in [1.82, 2.24) is 0 Å². The van der Waals surface area contributed by atoms with Crippen molar-refractivity contribution in [3.8, 4) is 45.9 Å². The monoisotopic (exact) mass is 578 g/mol. The van der Waals surface area contributed by atoms with Crippen LogP contribution in [-0.2, 0) is 9.47 Å². The van der Waals surface area contributed by atoms with Gasteiger partial charge in [0.05, 0.1) is 25.3 Å². The minimum atomic E-state index is -0.377. The molecule has 4 heteroatoms. The van der Waals surface area contributed by atoms with Crippen molar-refractivity contribution in [3.63, 3.8) is 0 Å². The van der Waals surface area contributed by atoms with Gasteiger partial charge in [0.25, 0.3) is 0 Å². The molecule has 0 spiro atoms. The van der Waals surface area contributed by atoms with Crippen LogP contribution in [0.25, 0.3) is 22.3 Å². The van der Waals surface area contributed by atoms with Crippen molar-refractivity contribution in [2.24, 2.45) is 0 Å². The summed E-state index contributed by atoms with van der Waals surface area (Å²) in [5.41, 5.74) is 10.00. The number of carbonyl (C=O) groups excluding carboxylic acids is 2. The van der Waals surface area contributed by atoms with E-state index in [1.807, 2.05) is 60.7 Å². The van der Waals surface area contributed by atoms with Gasteiger partial charge in [-0.05, 0) is 93.7 Å². The van der Waals surface area contributed by atoms with Crippen LogP contribution < -0.4 is 0 Å². The molecule has 0 aliphatic heterocycles. The Morgan fingerprint density at radius 3 is 1.25 bits per heavy atom. The Kier molecular flexibility index (Phi) is 8.84. The third-order valence-corrected chi connectivity index (χ3v) is 7.76. The van der Waals surface area contributed by atoms with E-state index in [4.69, 9.17) is 9.47 Å². The van der Waals surface area contributed by atoms with Gasteiger partial charge in [-0.15, -0.1) is 0 Å².